The summed E-state index contributed by atoms with van der Waals surface area (Å²) >= 11 is 5.66. The Bertz CT molecular complexity index is 529. The molecular weight excluding hydrogens is 261 g/mol. The van der Waals surface area contributed by atoms with Crippen molar-refractivity contribution in [2.24, 2.45) is 0 Å². The topological polar surface area (TPSA) is 0 Å². The second-order valence-electron chi connectivity index (χ2n) is 3.91. The summed E-state index contributed by atoms with van der Waals surface area (Å²) in [4.78, 5) is 0. The van der Waals surface area contributed by atoms with Crippen molar-refractivity contribution in [3.8, 4) is 11.1 Å². The zero-order valence-corrected chi connectivity index (χ0v) is 10.1. The van der Waals surface area contributed by atoms with Crippen LogP contribution in [0.4, 0.5) is 13.2 Å². The standard InChI is InChI=1S/C14H10ClF3/c15-9-10-4-6-11(7-5-10)12-2-1-3-13(8-12)14(16,17)18/h1-8H,9H2. The molecule has 0 fully saturated rings. The molecule has 0 nitrogen and oxygen atoms in total. The fourth-order valence-electron chi connectivity index (χ4n) is 1.66. The van der Waals surface area contributed by atoms with Crippen LogP contribution in [0.15, 0.2) is 48.5 Å². The molecule has 0 atom stereocenters. The lowest BCUT2D eigenvalue weighted by Gasteiger charge is -2.09. The third kappa shape index (κ3) is 2.85. The highest BCUT2D eigenvalue weighted by Gasteiger charge is 2.30. The molecule has 0 radical (unpaired) electrons. The van der Waals surface area contributed by atoms with Gasteiger partial charge in [0.1, 0.15) is 0 Å². The summed E-state index contributed by atoms with van der Waals surface area (Å²) in [5.74, 6) is 0.392. The Labute approximate surface area is 108 Å². The Balaban J connectivity index is 2.38. The molecule has 18 heavy (non-hydrogen) atoms. The number of hydrogen-bond acceptors (Lipinski definition) is 0. The molecule has 0 bridgehead atoms. The zero-order chi connectivity index (χ0) is 13.2. The lowest BCUT2D eigenvalue weighted by atomic mass is 10.0. The summed E-state index contributed by atoms with van der Waals surface area (Å²) < 4.78 is 37.8. The normalized spacial score (nSPS) is 11.6. The molecule has 0 spiro atoms. The highest BCUT2D eigenvalue weighted by molar-refractivity contribution is 6.17. The van der Waals surface area contributed by atoms with Crippen molar-refractivity contribution in [1.82, 2.24) is 0 Å². The van der Waals surface area contributed by atoms with E-state index < -0.39 is 11.7 Å². The highest BCUT2D eigenvalue weighted by atomic mass is 35.5. The smallest absolute Gasteiger partial charge is 0.166 e. The van der Waals surface area contributed by atoms with Gasteiger partial charge in [0.2, 0.25) is 0 Å². The van der Waals surface area contributed by atoms with E-state index in [1.807, 2.05) is 12.1 Å². The molecule has 0 aromatic heterocycles. The van der Waals surface area contributed by atoms with Gasteiger partial charge in [-0.15, -0.1) is 11.6 Å². The zero-order valence-electron chi connectivity index (χ0n) is 9.34. The van der Waals surface area contributed by atoms with Crippen LogP contribution >= 0.6 is 11.6 Å². The van der Waals surface area contributed by atoms with E-state index in [2.05, 4.69) is 0 Å². The van der Waals surface area contributed by atoms with Gasteiger partial charge in [-0.2, -0.15) is 13.2 Å². The van der Waals surface area contributed by atoms with E-state index in [0.717, 1.165) is 23.3 Å². The van der Waals surface area contributed by atoms with E-state index in [4.69, 9.17) is 11.6 Å². The molecule has 0 N–H and O–H groups in total. The molecule has 0 saturated carbocycles. The molecule has 0 aliphatic heterocycles. The minimum Gasteiger partial charge on any atom is -0.166 e. The van der Waals surface area contributed by atoms with Crippen LogP contribution < -0.4 is 0 Å². The fourth-order valence-corrected chi connectivity index (χ4v) is 1.84. The lowest BCUT2D eigenvalue weighted by molar-refractivity contribution is -0.137. The first kappa shape index (κ1) is 13.0. The van der Waals surface area contributed by atoms with E-state index in [1.165, 1.54) is 6.07 Å². The van der Waals surface area contributed by atoms with Gasteiger partial charge in [-0.25, -0.2) is 0 Å². The minimum atomic E-state index is -4.31. The molecule has 0 unspecified atom stereocenters. The Morgan fingerprint density at radius 3 is 2.11 bits per heavy atom. The molecule has 4 heteroatoms. The van der Waals surface area contributed by atoms with Crippen LogP contribution in [0.5, 0.6) is 0 Å². The first-order valence-corrected chi connectivity index (χ1v) is 5.87. The molecule has 2 rings (SSSR count). The van der Waals surface area contributed by atoms with E-state index >= 15 is 0 Å². The minimum absolute atomic E-state index is 0.392. The van der Waals surface area contributed by atoms with Gasteiger partial charge < -0.3 is 0 Å². The van der Waals surface area contributed by atoms with Crippen LogP contribution in [-0.4, -0.2) is 0 Å². The number of rotatable bonds is 2. The van der Waals surface area contributed by atoms with Crippen molar-refractivity contribution in [3.05, 3.63) is 59.7 Å². The van der Waals surface area contributed by atoms with Gasteiger partial charge in [0.05, 0.1) is 5.56 Å². The Hall–Kier alpha value is -1.48. The van der Waals surface area contributed by atoms with Crippen molar-refractivity contribution in [2.75, 3.05) is 0 Å². The summed E-state index contributed by atoms with van der Waals surface area (Å²) in [7, 11) is 0. The van der Waals surface area contributed by atoms with Gasteiger partial charge in [-0.3, -0.25) is 0 Å². The first-order chi connectivity index (χ1) is 8.50. The van der Waals surface area contributed by atoms with Crippen molar-refractivity contribution < 1.29 is 13.2 Å². The molecule has 2 aromatic rings. The highest BCUT2D eigenvalue weighted by Crippen LogP contribution is 2.32. The predicted octanol–water partition coefficient (Wildman–Crippen LogP) is 5.11. The second-order valence-corrected chi connectivity index (χ2v) is 4.18. The molecule has 0 heterocycles. The Morgan fingerprint density at radius 1 is 0.889 bits per heavy atom. The average molecular weight is 271 g/mol. The van der Waals surface area contributed by atoms with E-state index in [0.29, 0.717) is 11.4 Å². The fraction of sp³-hybridized carbons (Fsp3) is 0.143. The summed E-state index contributed by atoms with van der Waals surface area (Å²) in [6.07, 6.45) is -4.31. The van der Waals surface area contributed by atoms with Crippen LogP contribution in [0.1, 0.15) is 11.1 Å². The Morgan fingerprint density at radius 2 is 1.56 bits per heavy atom. The third-order valence-electron chi connectivity index (χ3n) is 2.63. The maximum absolute atomic E-state index is 12.6. The van der Waals surface area contributed by atoms with Gasteiger partial charge in [0.15, 0.2) is 0 Å². The van der Waals surface area contributed by atoms with Crippen LogP contribution in [0.25, 0.3) is 11.1 Å². The monoisotopic (exact) mass is 270 g/mol. The quantitative estimate of drug-likeness (QED) is 0.665. The average Bonchev–Trinajstić information content (AvgIpc) is 2.38. The molecule has 2 aromatic carbocycles. The summed E-state index contributed by atoms with van der Waals surface area (Å²) in [5, 5.41) is 0. The summed E-state index contributed by atoms with van der Waals surface area (Å²) in [5.41, 5.74) is 1.59. The van der Waals surface area contributed by atoms with Crippen molar-refractivity contribution in [3.63, 3.8) is 0 Å². The number of halogens is 4. The molecule has 0 amide bonds. The summed E-state index contributed by atoms with van der Waals surface area (Å²) in [6, 6.07) is 12.4. The van der Waals surface area contributed by atoms with Crippen molar-refractivity contribution in [1.29, 1.82) is 0 Å². The SMILES string of the molecule is FC(F)(F)c1cccc(-c2ccc(CCl)cc2)c1. The molecule has 0 aliphatic rings. The van der Waals surface area contributed by atoms with Gasteiger partial charge in [-0.1, -0.05) is 36.4 Å². The second kappa shape index (κ2) is 5.02. The van der Waals surface area contributed by atoms with Crippen LogP contribution in [0.2, 0.25) is 0 Å². The van der Waals surface area contributed by atoms with Crippen molar-refractivity contribution >= 4 is 11.6 Å². The molecule has 94 valence electrons. The van der Waals surface area contributed by atoms with Gasteiger partial charge in [0, 0.05) is 5.88 Å². The van der Waals surface area contributed by atoms with Gasteiger partial charge >= 0.3 is 6.18 Å². The van der Waals surface area contributed by atoms with E-state index in [9.17, 15) is 13.2 Å². The number of alkyl halides is 4. The summed E-state index contributed by atoms with van der Waals surface area (Å²) in [6.45, 7) is 0. The van der Waals surface area contributed by atoms with Crippen LogP contribution in [0.3, 0.4) is 0 Å². The van der Waals surface area contributed by atoms with Gasteiger partial charge in [-0.05, 0) is 28.8 Å². The predicted molar refractivity (Wildman–Crippen MR) is 66.4 cm³/mol. The Kier molecular flexibility index (Phi) is 3.62. The lowest BCUT2D eigenvalue weighted by Crippen LogP contribution is -2.04. The largest absolute Gasteiger partial charge is 0.416 e. The van der Waals surface area contributed by atoms with Crippen molar-refractivity contribution in [2.45, 2.75) is 12.1 Å². The van der Waals surface area contributed by atoms with Gasteiger partial charge in [0.25, 0.3) is 0 Å². The van der Waals surface area contributed by atoms with Crippen LogP contribution in [-0.2, 0) is 12.1 Å². The maximum Gasteiger partial charge on any atom is 0.416 e. The maximum atomic E-state index is 12.6. The number of hydrogen-bond donors (Lipinski definition) is 0. The van der Waals surface area contributed by atoms with Crippen LogP contribution in [0, 0.1) is 0 Å². The van der Waals surface area contributed by atoms with E-state index in [1.54, 1.807) is 18.2 Å². The molecule has 0 aliphatic carbocycles. The third-order valence-corrected chi connectivity index (χ3v) is 2.94. The molecular formula is C14H10ClF3. The van der Waals surface area contributed by atoms with E-state index in [-0.39, 0.29) is 0 Å². The first-order valence-electron chi connectivity index (χ1n) is 5.33. The number of benzene rings is 2. The molecule has 0 saturated heterocycles.